The first kappa shape index (κ1) is 22.2. The Balaban J connectivity index is 1.42. The van der Waals surface area contributed by atoms with Crippen LogP contribution in [0.5, 0.6) is 5.88 Å². The number of ether oxygens (including phenoxy) is 1. The van der Waals surface area contributed by atoms with E-state index in [4.69, 9.17) is 39.5 Å². The van der Waals surface area contributed by atoms with Crippen molar-refractivity contribution in [2.75, 3.05) is 23.5 Å². The number of carbonyl (C=O) groups is 1. The summed E-state index contributed by atoms with van der Waals surface area (Å²) in [5, 5.41) is 8.03. The fraction of sp³-hybridized carbons (Fsp3) is 0.261. The molecular formula is C23H20Cl3N5O2. The van der Waals surface area contributed by atoms with Crippen LogP contribution in [0.15, 0.2) is 36.5 Å². The van der Waals surface area contributed by atoms with E-state index in [0.717, 1.165) is 24.2 Å². The summed E-state index contributed by atoms with van der Waals surface area (Å²) in [6, 6.07) is 8.94. The number of para-hydroxylation sites is 1. The second-order valence-electron chi connectivity index (χ2n) is 8.41. The van der Waals surface area contributed by atoms with Crippen LogP contribution in [0.4, 0.5) is 17.3 Å². The Morgan fingerprint density at radius 2 is 1.91 bits per heavy atom. The van der Waals surface area contributed by atoms with Crippen LogP contribution in [0, 0.1) is 0 Å². The van der Waals surface area contributed by atoms with E-state index in [9.17, 15) is 4.79 Å². The van der Waals surface area contributed by atoms with Gasteiger partial charge in [0.05, 0.1) is 15.7 Å². The van der Waals surface area contributed by atoms with Gasteiger partial charge in [0.1, 0.15) is 5.56 Å². The molecule has 2 aliphatic heterocycles. The van der Waals surface area contributed by atoms with E-state index < -0.39 is 0 Å². The maximum atomic E-state index is 13.1. The molecule has 0 saturated carbocycles. The third-order valence-electron chi connectivity index (χ3n) is 5.78. The van der Waals surface area contributed by atoms with Crippen molar-refractivity contribution < 1.29 is 9.53 Å². The maximum absolute atomic E-state index is 13.1. The molecule has 0 fully saturated rings. The van der Waals surface area contributed by atoms with E-state index >= 15 is 0 Å². The Kier molecular flexibility index (Phi) is 5.61. The van der Waals surface area contributed by atoms with Gasteiger partial charge >= 0.3 is 0 Å². The summed E-state index contributed by atoms with van der Waals surface area (Å²) in [7, 11) is 0. The fourth-order valence-corrected chi connectivity index (χ4v) is 5.36. The van der Waals surface area contributed by atoms with Gasteiger partial charge in [0, 0.05) is 22.4 Å². The molecule has 1 amide bonds. The minimum absolute atomic E-state index is 0.0709. The summed E-state index contributed by atoms with van der Waals surface area (Å²) in [5.74, 6) is 0.144. The molecular weight excluding hydrogens is 485 g/mol. The number of hydrogen-bond donors (Lipinski definition) is 2. The van der Waals surface area contributed by atoms with Crippen LogP contribution >= 0.6 is 34.8 Å². The van der Waals surface area contributed by atoms with Gasteiger partial charge in [-0.05, 0) is 62.2 Å². The first-order valence-corrected chi connectivity index (χ1v) is 11.5. The van der Waals surface area contributed by atoms with Gasteiger partial charge in [-0.3, -0.25) is 9.69 Å². The highest BCUT2D eigenvalue weighted by Crippen LogP contribution is 2.38. The summed E-state index contributed by atoms with van der Waals surface area (Å²) in [6.07, 6.45) is 2.30. The molecule has 7 nitrogen and oxygen atoms in total. The predicted octanol–water partition coefficient (Wildman–Crippen LogP) is 5.56. The lowest BCUT2D eigenvalue weighted by molar-refractivity contribution is 0.0932. The summed E-state index contributed by atoms with van der Waals surface area (Å²) in [5.41, 5.74) is 3.45. The predicted molar refractivity (Wildman–Crippen MR) is 130 cm³/mol. The minimum atomic E-state index is -0.343. The molecule has 0 atom stereocenters. The highest BCUT2D eigenvalue weighted by atomic mass is 35.5. The Morgan fingerprint density at radius 3 is 2.67 bits per heavy atom. The lowest BCUT2D eigenvalue weighted by atomic mass is 9.85. The van der Waals surface area contributed by atoms with Crippen molar-refractivity contribution >= 4 is 58.0 Å². The van der Waals surface area contributed by atoms with Gasteiger partial charge in [-0.15, -0.1) is 0 Å². The van der Waals surface area contributed by atoms with Crippen LogP contribution in [0.1, 0.15) is 35.3 Å². The van der Waals surface area contributed by atoms with Gasteiger partial charge in [0.15, 0.2) is 6.73 Å². The number of amides is 1. The second-order valence-corrected chi connectivity index (χ2v) is 9.63. The average molecular weight is 505 g/mol. The third-order valence-corrected chi connectivity index (χ3v) is 6.69. The molecule has 10 heteroatoms. The van der Waals surface area contributed by atoms with E-state index in [0.29, 0.717) is 26.7 Å². The van der Waals surface area contributed by atoms with Gasteiger partial charge in [-0.1, -0.05) is 40.9 Å². The molecule has 33 heavy (non-hydrogen) atoms. The molecule has 0 saturated heterocycles. The van der Waals surface area contributed by atoms with Crippen LogP contribution in [0.25, 0.3) is 0 Å². The summed E-state index contributed by atoms with van der Waals surface area (Å²) >= 11 is 19.1. The van der Waals surface area contributed by atoms with E-state index in [1.54, 1.807) is 18.2 Å². The standard InChI is InChI=1S/C23H20Cl3N5O2/c1-23(2)18-12(6-7-28-23)8-13(9-17(18)26)29-22-27-10-14-20(30-22)33-11-31(21(14)32)19-15(24)4-3-5-16(19)25/h3-5,8-10,28H,6-7,11H2,1-2H3,(H,27,29,30). The number of fused-ring (bicyclic) bond motifs is 2. The van der Waals surface area contributed by atoms with Crippen LogP contribution in [-0.4, -0.2) is 29.2 Å². The zero-order chi connectivity index (χ0) is 23.3. The zero-order valence-electron chi connectivity index (χ0n) is 17.9. The van der Waals surface area contributed by atoms with Crippen LogP contribution < -0.4 is 20.3 Å². The number of nitrogens with one attached hydrogen (secondary N) is 2. The Bertz CT molecular complexity index is 1260. The normalized spacial score (nSPS) is 16.6. The Morgan fingerprint density at radius 1 is 1.15 bits per heavy atom. The highest BCUT2D eigenvalue weighted by Gasteiger charge is 2.32. The molecule has 170 valence electrons. The summed E-state index contributed by atoms with van der Waals surface area (Å²) < 4.78 is 5.75. The third kappa shape index (κ3) is 3.99. The Labute approximate surface area is 206 Å². The van der Waals surface area contributed by atoms with Crippen molar-refractivity contribution in [3.8, 4) is 5.88 Å². The molecule has 3 aromatic rings. The smallest absolute Gasteiger partial charge is 0.268 e. The number of anilines is 3. The van der Waals surface area contributed by atoms with Crippen LogP contribution in [-0.2, 0) is 12.0 Å². The first-order valence-electron chi connectivity index (χ1n) is 10.4. The lowest BCUT2D eigenvalue weighted by Crippen LogP contribution is -2.42. The molecule has 1 aromatic heterocycles. The number of halogens is 3. The molecule has 2 aliphatic rings. The van der Waals surface area contributed by atoms with E-state index in [2.05, 4.69) is 40.5 Å². The molecule has 0 spiro atoms. The molecule has 5 rings (SSSR count). The SMILES string of the molecule is CC1(C)NCCc2cc(Nc3ncc4c(n3)OCN(c3c(Cl)cccc3Cl)C4=O)cc(Cl)c21. The van der Waals surface area contributed by atoms with E-state index in [1.165, 1.54) is 16.7 Å². The largest absolute Gasteiger partial charge is 0.455 e. The van der Waals surface area contributed by atoms with Gasteiger partial charge in [-0.25, -0.2) is 4.98 Å². The highest BCUT2D eigenvalue weighted by molar-refractivity contribution is 6.40. The molecule has 2 aromatic carbocycles. The van der Waals surface area contributed by atoms with Gasteiger partial charge in [0.2, 0.25) is 11.8 Å². The topological polar surface area (TPSA) is 79.4 Å². The van der Waals surface area contributed by atoms with Gasteiger partial charge in [0.25, 0.3) is 5.91 Å². The van der Waals surface area contributed by atoms with E-state index in [1.807, 2.05) is 6.07 Å². The number of aromatic nitrogens is 2. The fourth-order valence-electron chi connectivity index (χ4n) is 4.29. The molecule has 0 bridgehead atoms. The van der Waals surface area contributed by atoms with E-state index in [-0.39, 0.29) is 29.6 Å². The number of hydrogen-bond acceptors (Lipinski definition) is 6. The molecule has 0 aliphatic carbocycles. The van der Waals surface area contributed by atoms with Crippen molar-refractivity contribution in [2.45, 2.75) is 25.8 Å². The quantitative estimate of drug-likeness (QED) is 0.486. The molecule has 3 heterocycles. The number of nitrogens with zero attached hydrogens (tertiary/aromatic N) is 3. The molecule has 2 N–H and O–H groups in total. The maximum Gasteiger partial charge on any atom is 0.268 e. The lowest BCUT2D eigenvalue weighted by Gasteiger charge is -2.35. The molecule has 0 radical (unpaired) electrons. The summed E-state index contributed by atoms with van der Waals surface area (Å²) in [6.45, 7) is 5.03. The van der Waals surface area contributed by atoms with Gasteiger partial charge in [-0.2, -0.15) is 4.98 Å². The van der Waals surface area contributed by atoms with Gasteiger partial charge < -0.3 is 15.4 Å². The van der Waals surface area contributed by atoms with Crippen molar-refractivity contribution in [2.24, 2.45) is 0 Å². The minimum Gasteiger partial charge on any atom is -0.455 e. The number of carbonyl (C=O) groups excluding carboxylic acids is 1. The van der Waals surface area contributed by atoms with Crippen LogP contribution in [0.2, 0.25) is 15.1 Å². The van der Waals surface area contributed by atoms with Crippen LogP contribution in [0.3, 0.4) is 0 Å². The van der Waals surface area contributed by atoms with Crippen molar-refractivity contribution in [1.29, 1.82) is 0 Å². The average Bonchev–Trinajstić information content (AvgIpc) is 2.74. The van der Waals surface area contributed by atoms with Crippen molar-refractivity contribution in [3.63, 3.8) is 0 Å². The van der Waals surface area contributed by atoms with Crippen molar-refractivity contribution in [3.05, 3.63) is 68.3 Å². The first-order chi connectivity index (χ1) is 15.7. The number of benzene rings is 2. The monoisotopic (exact) mass is 503 g/mol. The second kappa shape index (κ2) is 8.33. The molecule has 0 unspecified atom stereocenters. The Hall–Kier alpha value is -2.58. The zero-order valence-corrected chi connectivity index (χ0v) is 20.1. The number of rotatable bonds is 3. The summed E-state index contributed by atoms with van der Waals surface area (Å²) in [4.78, 5) is 23.1. The van der Waals surface area contributed by atoms with Crippen molar-refractivity contribution in [1.82, 2.24) is 15.3 Å².